The molecule has 0 radical (unpaired) electrons. The first-order valence-corrected chi connectivity index (χ1v) is 16.7. The summed E-state index contributed by atoms with van der Waals surface area (Å²) >= 11 is 0. The van der Waals surface area contributed by atoms with Gasteiger partial charge in [0.15, 0.2) is 0 Å². The van der Waals surface area contributed by atoms with Crippen molar-refractivity contribution in [3.63, 3.8) is 0 Å². The van der Waals surface area contributed by atoms with Crippen LogP contribution in [0.3, 0.4) is 0 Å². The summed E-state index contributed by atoms with van der Waals surface area (Å²) in [5, 5.41) is 15.9. The van der Waals surface area contributed by atoms with Crippen LogP contribution in [0, 0.1) is 5.92 Å². The number of aliphatic hydroxyl groups excluding tert-OH is 1. The Balaban J connectivity index is 1.70. The first kappa shape index (κ1) is 35.7. The lowest BCUT2D eigenvalue weighted by atomic mass is 9.84. The number of benzene rings is 3. The number of methoxy groups -OCH3 is 1. The Bertz CT molecular complexity index is 1400. The summed E-state index contributed by atoms with van der Waals surface area (Å²) in [6.45, 7) is 4.39. The summed E-state index contributed by atoms with van der Waals surface area (Å²) in [7, 11) is -2.62. The maximum atomic E-state index is 13.6. The number of aliphatic hydroxyl groups is 1. The fourth-order valence-electron chi connectivity index (χ4n) is 5.27. The van der Waals surface area contributed by atoms with Crippen molar-refractivity contribution in [3.8, 4) is 0 Å². The van der Waals surface area contributed by atoms with Gasteiger partial charge in [-0.1, -0.05) is 93.1 Å². The van der Waals surface area contributed by atoms with Gasteiger partial charge in [-0.2, -0.15) is 4.31 Å². The van der Waals surface area contributed by atoms with Crippen LogP contribution in [0.25, 0.3) is 0 Å². The molecule has 45 heavy (non-hydrogen) atoms. The van der Waals surface area contributed by atoms with Crippen molar-refractivity contribution in [1.29, 1.82) is 0 Å². The molecule has 3 aromatic carbocycles. The van der Waals surface area contributed by atoms with Crippen molar-refractivity contribution in [2.24, 2.45) is 11.7 Å². The molecule has 5 N–H and O–H groups in total. The van der Waals surface area contributed by atoms with Gasteiger partial charge in [0.05, 0.1) is 18.6 Å². The van der Waals surface area contributed by atoms with E-state index in [1.807, 2.05) is 74.5 Å². The summed E-state index contributed by atoms with van der Waals surface area (Å²) in [6.07, 6.45) is 0.772. The van der Waals surface area contributed by atoms with Crippen molar-refractivity contribution in [2.75, 3.05) is 26.8 Å². The predicted molar refractivity (Wildman–Crippen MR) is 175 cm³/mol. The van der Waals surface area contributed by atoms with E-state index in [0.717, 1.165) is 16.7 Å². The van der Waals surface area contributed by atoms with Crippen LogP contribution in [-0.2, 0) is 26.1 Å². The average Bonchev–Trinajstić information content (AvgIpc) is 3.06. The second-order valence-electron chi connectivity index (χ2n) is 11.4. The molecule has 0 spiro atoms. The minimum atomic E-state index is -3.87. The number of nitrogens with two attached hydrogens (primary N) is 1. The van der Waals surface area contributed by atoms with E-state index in [-0.39, 0.29) is 29.9 Å². The highest BCUT2D eigenvalue weighted by atomic mass is 32.2. The lowest BCUT2D eigenvalue weighted by molar-refractivity contribution is -0.123. The number of hydrogen-bond donors (Lipinski definition) is 4. The highest BCUT2D eigenvalue weighted by Gasteiger charge is 2.33. The molecule has 10 nitrogen and oxygen atoms in total. The number of unbranched alkanes of at least 4 members (excludes halogenated alkanes) is 1. The number of rotatable bonds is 17. The first-order valence-electron chi connectivity index (χ1n) is 15.3. The van der Waals surface area contributed by atoms with Crippen LogP contribution >= 0.6 is 0 Å². The molecule has 0 aromatic heterocycles. The van der Waals surface area contributed by atoms with Crippen molar-refractivity contribution < 1.29 is 27.9 Å². The third kappa shape index (κ3) is 10.1. The Morgan fingerprint density at radius 2 is 1.49 bits per heavy atom. The van der Waals surface area contributed by atoms with Crippen molar-refractivity contribution in [3.05, 3.63) is 102 Å². The lowest BCUT2D eigenvalue weighted by Crippen LogP contribution is -2.50. The molecule has 0 unspecified atom stereocenters. The smallest absolute Gasteiger partial charge is 0.407 e. The SMILES string of the molecule is COC(=O)N[C@@H](C(=O)NCCCC[C@H](CO)N(CC(C)C)S(=O)(=O)c1ccc(CN)cc1)C(c1ccccc1)c1ccccc1. The van der Waals surface area contributed by atoms with Gasteiger partial charge >= 0.3 is 6.09 Å². The first-order chi connectivity index (χ1) is 21.6. The minimum absolute atomic E-state index is 0.0397. The number of sulfonamides is 1. The Morgan fingerprint density at radius 1 is 0.911 bits per heavy atom. The van der Waals surface area contributed by atoms with Gasteiger partial charge < -0.3 is 26.2 Å². The molecule has 2 atom stereocenters. The van der Waals surface area contributed by atoms with Gasteiger partial charge in [-0.05, 0) is 47.6 Å². The number of nitrogens with one attached hydrogen (secondary N) is 2. The maximum Gasteiger partial charge on any atom is 0.407 e. The quantitative estimate of drug-likeness (QED) is 0.163. The molecule has 2 amide bonds. The lowest BCUT2D eigenvalue weighted by Gasteiger charge is -2.31. The zero-order valence-corrected chi connectivity index (χ0v) is 27.1. The molecule has 0 saturated heterocycles. The monoisotopic (exact) mass is 638 g/mol. The van der Waals surface area contributed by atoms with Gasteiger partial charge in [0.25, 0.3) is 0 Å². The van der Waals surface area contributed by atoms with E-state index in [1.165, 1.54) is 11.4 Å². The molecule has 3 rings (SSSR count). The van der Waals surface area contributed by atoms with E-state index in [4.69, 9.17) is 10.5 Å². The number of nitrogens with zero attached hydrogens (tertiary/aromatic N) is 1. The number of carbonyl (C=O) groups excluding carboxylic acids is 2. The standard InChI is InChI=1S/C34H46N4O6S/c1-25(2)23-38(45(42,43)30-19-17-26(22-35)18-20-30)29(24-39)16-10-11-21-36-33(40)32(37-34(41)44-3)31(27-12-6-4-7-13-27)28-14-8-5-9-15-28/h4-9,12-15,17-20,25,29,31-32,39H,10-11,16,21-24,35H2,1-3H3,(H,36,40)(H,37,41)/t29-,32-/m1/s1. The Labute approximate surface area is 267 Å². The number of hydrogen-bond acceptors (Lipinski definition) is 7. The van der Waals surface area contributed by atoms with E-state index in [2.05, 4.69) is 10.6 Å². The van der Waals surface area contributed by atoms with Crippen LogP contribution in [-0.4, -0.2) is 68.7 Å². The third-order valence-electron chi connectivity index (χ3n) is 7.58. The molecule has 3 aromatic rings. The number of carbonyl (C=O) groups is 2. The van der Waals surface area contributed by atoms with Gasteiger partial charge in [0.2, 0.25) is 15.9 Å². The van der Waals surface area contributed by atoms with E-state index in [1.54, 1.807) is 24.3 Å². The van der Waals surface area contributed by atoms with Gasteiger partial charge in [-0.3, -0.25) is 4.79 Å². The largest absolute Gasteiger partial charge is 0.453 e. The van der Waals surface area contributed by atoms with Crippen molar-refractivity contribution in [2.45, 2.75) is 62.6 Å². The zero-order chi connectivity index (χ0) is 32.8. The van der Waals surface area contributed by atoms with Crippen LogP contribution in [0.4, 0.5) is 4.79 Å². The van der Waals surface area contributed by atoms with Crippen molar-refractivity contribution >= 4 is 22.0 Å². The van der Waals surface area contributed by atoms with Crippen LogP contribution in [0.5, 0.6) is 0 Å². The molecule has 244 valence electrons. The molecule has 0 aliphatic rings. The van der Waals surface area contributed by atoms with E-state index in [9.17, 15) is 23.1 Å². The summed E-state index contributed by atoms with van der Waals surface area (Å²) in [4.78, 5) is 26.1. The molecule has 0 fully saturated rings. The predicted octanol–water partition coefficient (Wildman–Crippen LogP) is 4.00. The molecule has 11 heteroatoms. The molecular formula is C34H46N4O6S. The highest BCUT2D eigenvalue weighted by molar-refractivity contribution is 7.89. The van der Waals surface area contributed by atoms with Crippen LogP contribution in [0.1, 0.15) is 55.7 Å². The molecule has 0 aliphatic carbocycles. The summed E-state index contributed by atoms with van der Waals surface area (Å²) in [6, 6.07) is 23.9. The zero-order valence-electron chi connectivity index (χ0n) is 26.3. The van der Waals surface area contributed by atoms with Crippen LogP contribution in [0.15, 0.2) is 89.8 Å². The molecule has 0 heterocycles. The van der Waals surface area contributed by atoms with Gasteiger partial charge in [-0.25, -0.2) is 13.2 Å². The van der Waals surface area contributed by atoms with Gasteiger partial charge in [-0.15, -0.1) is 0 Å². The normalized spacial score (nSPS) is 13.1. The molecule has 0 aliphatic heterocycles. The third-order valence-corrected chi connectivity index (χ3v) is 9.52. The van der Waals surface area contributed by atoms with Gasteiger partial charge in [0, 0.05) is 31.6 Å². The van der Waals surface area contributed by atoms with E-state index in [0.29, 0.717) is 32.4 Å². The average molecular weight is 639 g/mol. The fourth-order valence-corrected chi connectivity index (χ4v) is 7.08. The molecule has 0 saturated carbocycles. The van der Waals surface area contributed by atoms with Crippen molar-refractivity contribution in [1.82, 2.24) is 14.9 Å². The number of ether oxygens (including phenoxy) is 1. The van der Waals surface area contributed by atoms with E-state index < -0.39 is 34.1 Å². The Morgan fingerprint density at radius 3 is 1.98 bits per heavy atom. The molecule has 0 bridgehead atoms. The maximum absolute atomic E-state index is 13.6. The van der Waals surface area contributed by atoms with Crippen LogP contribution < -0.4 is 16.4 Å². The summed E-state index contributed by atoms with van der Waals surface area (Å²) in [5.74, 6) is -0.807. The second kappa shape index (κ2) is 17.6. The highest BCUT2D eigenvalue weighted by Crippen LogP contribution is 2.29. The number of amides is 2. The van der Waals surface area contributed by atoms with E-state index >= 15 is 0 Å². The second-order valence-corrected chi connectivity index (χ2v) is 13.2. The summed E-state index contributed by atoms with van der Waals surface area (Å²) in [5.41, 5.74) is 8.21. The van der Waals surface area contributed by atoms with Crippen LogP contribution in [0.2, 0.25) is 0 Å². The fraction of sp³-hybridized carbons (Fsp3) is 0.412. The Hall–Kier alpha value is -3.77. The topological polar surface area (TPSA) is 151 Å². The minimum Gasteiger partial charge on any atom is -0.453 e. The number of alkyl carbamates (subject to hydrolysis) is 1. The van der Waals surface area contributed by atoms with Gasteiger partial charge in [0.1, 0.15) is 6.04 Å². The molecular weight excluding hydrogens is 592 g/mol. The Kier molecular flexibility index (Phi) is 14.0. The summed E-state index contributed by atoms with van der Waals surface area (Å²) < 4.78 is 33.5.